The van der Waals surface area contributed by atoms with Crippen LogP contribution in [0.1, 0.15) is 46.6 Å². The minimum atomic E-state index is -1.09. The number of primary amides is 1. The Balaban J connectivity index is 1.82. The van der Waals surface area contributed by atoms with Gasteiger partial charge in [-0.05, 0) is 24.9 Å². The molecule has 1 aromatic carbocycles. The summed E-state index contributed by atoms with van der Waals surface area (Å²) in [4.78, 5) is 40.6. The second-order valence-electron chi connectivity index (χ2n) is 6.54. The first kappa shape index (κ1) is 18.8. The van der Waals surface area contributed by atoms with Gasteiger partial charge in [0.25, 0.3) is 11.8 Å². The molecule has 0 radical (unpaired) electrons. The number of carbonyl (C=O) groups is 3. The molecule has 3 rings (SSSR count). The molecule has 2 unspecified atom stereocenters. The summed E-state index contributed by atoms with van der Waals surface area (Å²) < 4.78 is 5.62. The maximum Gasteiger partial charge on any atom is 0.287 e. The first-order valence-electron chi connectivity index (χ1n) is 8.85. The minimum absolute atomic E-state index is 0.0913. The Bertz CT molecular complexity index is 841. The number of nitrogens with zero attached hydrogens (tertiary/aromatic N) is 1. The van der Waals surface area contributed by atoms with E-state index < -0.39 is 23.6 Å². The molecule has 1 aliphatic rings. The number of oxazole rings is 1. The van der Waals surface area contributed by atoms with E-state index in [2.05, 4.69) is 15.6 Å². The third-order valence-corrected chi connectivity index (χ3v) is 4.50. The molecule has 2 amide bonds. The summed E-state index contributed by atoms with van der Waals surface area (Å²) in [5.41, 5.74) is 6.08. The first-order valence-corrected chi connectivity index (χ1v) is 8.85. The zero-order chi connectivity index (χ0) is 19.4. The molecule has 142 valence electrons. The summed E-state index contributed by atoms with van der Waals surface area (Å²) in [5.74, 6) is -1.69. The van der Waals surface area contributed by atoms with Gasteiger partial charge < -0.3 is 20.8 Å². The van der Waals surface area contributed by atoms with Crippen LogP contribution < -0.4 is 16.4 Å². The average Bonchev–Trinajstić information content (AvgIpc) is 3.30. The Hall–Kier alpha value is -3.00. The second kappa shape index (κ2) is 8.13. The number of benzene rings is 1. The fourth-order valence-corrected chi connectivity index (χ4v) is 3.21. The molecule has 2 aromatic rings. The number of rotatable bonds is 7. The third kappa shape index (κ3) is 4.40. The molecule has 4 N–H and O–H groups in total. The fourth-order valence-electron chi connectivity index (χ4n) is 3.21. The molecule has 1 aromatic heterocycles. The lowest BCUT2D eigenvalue weighted by Crippen LogP contribution is -2.47. The van der Waals surface area contributed by atoms with Gasteiger partial charge in [-0.15, -0.1) is 0 Å². The van der Waals surface area contributed by atoms with Gasteiger partial charge in [0.1, 0.15) is 6.04 Å². The van der Waals surface area contributed by atoms with Crippen LogP contribution in [0.4, 0.5) is 0 Å². The number of aromatic nitrogens is 1. The van der Waals surface area contributed by atoms with Gasteiger partial charge in [-0.2, -0.15) is 0 Å². The Morgan fingerprint density at radius 3 is 2.70 bits per heavy atom. The Morgan fingerprint density at radius 1 is 1.33 bits per heavy atom. The van der Waals surface area contributed by atoms with Crippen LogP contribution in [0.15, 0.2) is 34.7 Å². The number of hydrogen-bond donors (Lipinski definition) is 3. The van der Waals surface area contributed by atoms with Crippen molar-refractivity contribution in [2.45, 2.75) is 38.3 Å². The quantitative estimate of drug-likeness (QED) is 0.619. The summed E-state index contributed by atoms with van der Waals surface area (Å²) in [7, 11) is 0. The van der Waals surface area contributed by atoms with Crippen LogP contribution in [-0.2, 0) is 16.0 Å². The Kier molecular flexibility index (Phi) is 5.66. The van der Waals surface area contributed by atoms with Crippen molar-refractivity contribution in [2.24, 2.45) is 5.73 Å². The number of hydrogen-bond acceptors (Lipinski definition) is 6. The van der Waals surface area contributed by atoms with E-state index in [0.717, 1.165) is 24.9 Å². The maximum absolute atomic E-state index is 12.8. The molecule has 2 heterocycles. The van der Waals surface area contributed by atoms with E-state index in [1.54, 1.807) is 6.92 Å². The van der Waals surface area contributed by atoms with E-state index in [-0.39, 0.29) is 18.2 Å². The Morgan fingerprint density at radius 2 is 2.07 bits per heavy atom. The molecule has 27 heavy (non-hydrogen) atoms. The lowest BCUT2D eigenvalue weighted by molar-refractivity contribution is -0.137. The van der Waals surface area contributed by atoms with Crippen LogP contribution in [0.3, 0.4) is 0 Å². The molecule has 0 aliphatic carbocycles. The SMILES string of the molecule is Cc1nc(C(=O)NC(Cc2ccccc2)C(=O)C(N)=O)c(C2CCCN2)o1. The molecule has 0 spiro atoms. The van der Waals surface area contributed by atoms with E-state index in [0.29, 0.717) is 11.7 Å². The summed E-state index contributed by atoms with van der Waals surface area (Å²) >= 11 is 0. The highest BCUT2D eigenvalue weighted by Crippen LogP contribution is 2.27. The summed E-state index contributed by atoms with van der Waals surface area (Å²) in [6, 6.07) is 7.92. The number of ketones is 1. The van der Waals surface area contributed by atoms with Crippen molar-refractivity contribution in [1.29, 1.82) is 0 Å². The number of aryl methyl sites for hydroxylation is 1. The van der Waals surface area contributed by atoms with Gasteiger partial charge in [0.2, 0.25) is 5.78 Å². The van der Waals surface area contributed by atoms with Gasteiger partial charge in [0, 0.05) is 13.3 Å². The number of carbonyl (C=O) groups excluding carboxylic acids is 3. The largest absolute Gasteiger partial charge is 0.443 e. The van der Waals surface area contributed by atoms with E-state index >= 15 is 0 Å². The maximum atomic E-state index is 12.8. The van der Waals surface area contributed by atoms with Crippen molar-refractivity contribution < 1.29 is 18.8 Å². The van der Waals surface area contributed by atoms with E-state index in [9.17, 15) is 14.4 Å². The first-order chi connectivity index (χ1) is 13.0. The van der Waals surface area contributed by atoms with Crippen molar-refractivity contribution in [3.05, 3.63) is 53.2 Å². The van der Waals surface area contributed by atoms with Gasteiger partial charge in [-0.1, -0.05) is 30.3 Å². The minimum Gasteiger partial charge on any atom is -0.443 e. The van der Waals surface area contributed by atoms with Crippen molar-refractivity contribution in [2.75, 3.05) is 6.54 Å². The van der Waals surface area contributed by atoms with E-state index in [4.69, 9.17) is 10.2 Å². The molecular formula is C19H22N4O4. The third-order valence-electron chi connectivity index (χ3n) is 4.50. The fraction of sp³-hybridized carbons (Fsp3) is 0.368. The number of nitrogens with one attached hydrogen (secondary N) is 2. The molecule has 8 heteroatoms. The highest BCUT2D eigenvalue weighted by molar-refractivity contribution is 6.38. The summed E-state index contributed by atoms with van der Waals surface area (Å²) in [5, 5.41) is 5.86. The van der Waals surface area contributed by atoms with Crippen LogP contribution in [0.25, 0.3) is 0 Å². The lowest BCUT2D eigenvalue weighted by Gasteiger charge is -2.16. The van der Waals surface area contributed by atoms with Crippen LogP contribution in [0, 0.1) is 6.92 Å². The van der Waals surface area contributed by atoms with Gasteiger partial charge in [0.05, 0.1) is 6.04 Å². The summed E-state index contributed by atoms with van der Waals surface area (Å²) in [6.45, 7) is 2.49. The molecule has 1 fully saturated rings. The molecule has 1 saturated heterocycles. The van der Waals surface area contributed by atoms with Crippen LogP contribution in [0.5, 0.6) is 0 Å². The van der Waals surface area contributed by atoms with Gasteiger partial charge in [-0.25, -0.2) is 4.98 Å². The molecule has 0 bridgehead atoms. The van der Waals surface area contributed by atoms with Crippen molar-refractivity contribution in [3.8, 4) is 0 Å². The smallest absolute Gasteiger partial charge is 0.287 e. The Labute approximate surface area is 156 Å². The molecule has 8 nitrogen and oxygen atoms in total. The van der Waals surface area contributed by atoms with Gasteiger partial charge >= 0.3 is 0 Å². The number of Topliss-reactive ketones (excluding diaryl/α,β-unsaturated/α-hetero) is 1. The zero-order valence-corrected chi connectivity index (χ0v) is 15.0. The lowest BCUT2D eigenvalue weighted by atomic mass is 10.0. The predicted molar refractivity (Wildman–Crippen MR) is 96.8 cm³/mol. The molecule has 0 saturated carbocycles. The highest BCUT2D eigenvalue weighted by atomic mass is 16.4. The zero-order valence-electron chi connectivity index (χ0n) is 15.0. The number of amides is 2. The average molecular weight is 370 g/mol. The molecule has 2 atom stereocenters. The normalized spacial score (nSPS) is 17.4. The highest BCUT2D eigenvalue weighted by Gasteiger charge is 2.31. The van der Waals surface area contributed by atoms with Crippen LogP contribution in [-0.4, -0.2) is 35.2 Å². The van der Waals surface area contributed by atoms with Gasteiger partial charge in [0.15, 0.2) is 17.3 Å². The van der Waals surface area contributed by atoms with Crippen LogP contribution in [0.2, 0.25) is 0 Å². The van der Waals surface area contributed by atoms with E-state index in [1.165, 1.54) is 0 Å². The molecular weight excluding hydrogens is 348 g/mol. The summed E-state index contributed by atoms with van der Waals surface area (Å²) in [6.07, 6.45) is 1.97. The standard InChI is InChI=1S/C19H22N4O4/c1-11-22-15(17(27-11)13-8-5-9-21-13)19(26)23-14(16(24)18(20)25)10-12-6-3-2-4-7-12/h2-4,6-7,13-14,21H,5,8-10H2,1H3,(H2,20,25)(H,23,26). The molecule has 1 aliphatic heterocycles. The number of nitrogens with two attached hydrogens (primary N) is 1. The van der Waals surface area contributed by atoms with Crippen molar-refractivity contribution in [3.63, 3.8) is 0 Å². The predicted octanol–water partition coefficient (Wildman–Crippen LogP) is 0.803. The van der Waals surface area contributed by atoms with Crippen molar-refractivity contribution >= 4 is 17.6 Å². The topological polar surface area (TPSA) is 127 Å². The van der Waals surface area contributed by atoms with Crippen LogP contribution >= 0.6 is 0 Å². The van der Waals surface area contributed by atoms with Gasteiger partial charge in [-0.3, -0.25) is 14.4 Å². The van der Waals surface area contributed by atoms with Crippen molar-refractivity contribution in [1.82, 2.24) is 15.6 Å². The monoisotopic (exact) mass is 370 g/mol. The second-order valence-corrected chi connectivity index (χ2v) is 6.54. The van der Waals surface area contributed by atoms with E-state index in [1.807, 2.05) is 30.3 Å².